The van der Waals surface area contributed by atoms with Crippen LogP contribution >= 0.6 is 0 Å². The summed E-state index contributed by atoms with van der Waals surface area (Å²) in [5.41, 5.74) is 27.7. The van der Waals surface area contributed by atoms with Gasteiger partial charge >= 0.3 is 0 Å². The lowest BCUT2D eigenvalue weighted by Gasteiger charge is -2.14. The van der Waals surface area contributed by atoms with Gasteiger partial charge in [-0.05, 0) is 148 Å². The summed E-state index contributed by atoms with van der Waals surface area (Å²) in [4.78, 5) is 34.7. The number of rotatable bonds is 7. The summed E-state index contributed by atoms with van der Waals surface area (Å²) in [5.74, 6) is 3.29. The second-order valence-electron chi connectivity index (χ2n) is 28.6. The zero-order chi connectivity index (χ0) is 72.8. The van der Waals surface area contributed by atoms with Gasteiger partial charge in [0.2, 0.25) is 17.8 Å². The normalized spacial score (nSPS) is 12.0. The van der Waals surface area contributed by atoms with Crippen LogP contribution in [0.2, 0.25) is 0 Å². The summed E-state index contributed by atoms with van der Waals surface area (Å²) >= 11 is 0. The molecular weight excluding hydrogens is 1350 g/mol. The fourth-order valence-electron chi connectivity index (χ4n) is 18.0. The number of hydrogen-bond donors (Lipinski definition) is 0. The van der Waals surface area contributed by atoms with E-state index in [1.54, 1.807) is 12.4 Å². The van der Waals surface area contributed by atoms with Crippen molar-refractivity contribution in [3.63, 3.8) is 0 Å². The third-order valence-corrected chi connectivity index (χ3v) is 22.6. The first-order chi connectivity index (χ1) is 55.1. The predicted molar refractivity (Wildman–Crippen MR) is 454 cm³/mol. The Morgan fingerprint density at radius 2 is 0.441 bits per heavy atom. The first-order valence-corrected chi connectivity index (χ1v) is 37.5. The first kappa shape index (κ1) is 62.1. The second-order valence-corrected chi connectivity index (χ2v) is 28.6. The molecule has 0 saturated heterocycles. The van der Waals surface area contributed by atoms with E-state index in [0.29, 0.717) is 29.5 Å². The van der Waals surface area contributed by atoms with Crippen LogP contribution in [0.15, 0.2) is 364 Å². The molecular formula is C101H60N10. The molecule has 0 N–H and O–H groups in total. The zero-order valence-electron chi connectivity index (χ0n) is 59.6. The molecule has 0 saturated carbocycles. The quantitative estimate of drug-likeness (QED) is 0.156. The molecule has 3 aliphatic carbocycles. The van der Waals surface area contributed by atoms with Crippen LogP contribution in [0.5, 0.6) is 0 Å². The lowest BCUT2D eigenvalue weighted by atomic mass is 9.93. The summed E-state index contributed by atoms with van der Waals surface area (Å²) < 4.78 is 6.68. The molecule has 3 aliphatic rings. The molecule has 0 atom stereocenters. The van der Waals surface area contributed by atoms with Gasteiger partial charge in [0.05, 0.1) is 44.5 Å². The molecule has 111 heavy (non-hydrogen) atoms. The average molecular weight is 1410 g/mol. The Balaban J connectivity index is 0.000000101. The van der Waals surface area contributed by atoms with Crippen molar-refractivity contribution in [3.05, 3.63) is 364 Å². The van der Waals surface area contributed by atoms with E-state index in [2.05, 4.69) is 297 Å². The highest BCUT2D eigenvalue weighted by Gasteiger charge is 2.30. The number of nitrogens with zero attached hydrogens (tertiary/aromatic N) is 10. The van der Waals surface area contributed by atoms with Crippen molar-refractivity contribution in [3.8, 4) is 130 Å². The van der Waals surface area contributed by atoms with Crippen LogP contribution in [0.3, 0.4) is 0 Å². The van der Waals surface area contributed by atoms with Gasteiger partial charge in [-0.1, -0.05) is 303 Å². The van der Waals surface area contributed by atoms with E-state index in [1.165, 1.54) is 131 Å². The van der Waals surface area contributed by atoms with Crippen LogP contribution in [-0.4, -0.2) is 48.6 Å². The molecule has 514 valence electrons. The zero-order valence-corrected chi connectivity index (χ0v) is 59.6. The first-order valence-electron chi connectivity index (χ1n) is 37.5. The van der Waals surface area contributed by atoms with Gasteiger partial charge in [0.25, 0.3) is 0 Å². The van der Waals surface area contributed by atoms with E-state index in [1.807, 2.05) is 78.9 Å². The van der Waals surface area contributed by atoms with E-state index in [4.69, 9.17) is 24.9 Å². The maximum atomic E-state index is 5.22. The van der Waals surface area contributed by atoms with Gasteiger partial charge in [0.15, 0.2) is 11.6 Å². The second kappa shape index (κ2) is 24.7. The maximum absolute atomic E-state index is 5.22. The van der Waals surface area contributed by atoms with E-state index < -0.39 is 0 Å². The standard InChI is InChI=1S/C38H23N3.C37H22N4.C26H15N3/c1-3-11-24(12-4-1)31-23-32(25-13-5-2-6-14-25)40-38(39-31)41-33-20-10-19-30-28-17-8-7-16-27(28)29-18-9-15-26-21-22-34(41)37(35(26)29)36(30)33;1-3-11-24(12-4-1)35-38-36(25-13-5-2-6-14-25)40-37(39-35)41-30-20-10-19-29-27-17-8-7-16-26(27)28-18-9-15-23-21-22-31(41)34(32(23)28)33(29)30;1-2-8-18-17(7-1)19-9-3-6-16-12-13-22-25(23(16)19)24-20(18)10-4-11-21(24)29(22)26-27-14-5-15-28-26/h1-23H;1-22H;1-15H. The Morgan fingerprint density at radius 3 is 0.784 bits per heavy atom. The Hall–Kier alpha value is -15.1. The molecule has 6 aromatic heterocycles. The van der Waals surface area contributed by atoms with Gasteiger partial charge in [-0.2, -0.15) is 9.97 Å². The summed E-state index contributed by atoms with van der Waals surface area (Å²) in [6, 6.07) is 124. The molecule has 22 aromatic rings. The third-order valence-electron chi connectivity index (χ3n) is 22.6. The molecule has 0 unspecified atom stereocenters. The lowest BCUT2D eigenvalue weighted by Crippen LogP contribution is -2.06. The number of fused-ring (bicyclic) bond motifs is 9. The summed E-state index contributed by atoms with van der Waals surface area (Å²) in [6.45, 7) is 0. The van der Waals surface area contributed by atoms with Crippen LogP contribution in [0.1, 0.15) is 0 Å². The summed E-state index contributed by atoms with van der Waals surface area (Å²) in [5, 5.41) is 15.1. The van der Waals surface area contributed by atoms with E-state index in [-0.39, 0.29) is 0 Å². The Kier molecular flexibility index (Phi) is 13.8. The smallest absolute Gasteiger partial charge is 0.238 e. The van der Waals surface area contributed by atoms with Gasteiger partial charge in [-0.3, -0.25) is 13.7 Å². The molecule has 0 fully saturated rings. The summed E-state index contributed by atoms with van der Waals surface area (Å²) in [6.07, 6.45) is 3.61. The van der Waals surface area contributed by atoms with Gasteiger partial charge in [0, 0.05) is 67.0 Å². The number of aromatic nitrogens is 10. The average Bonchev–Trinajstić information content (AvgIpc) is 1.56. The topological polar surface area (TPSA) is 105 Å². The monoisotopic (exact) mass is 1410 g/mol. The fourth-order valence-corrected chi connectivity index (χ4v) is 18.0. The highest BCUT2D eigenvalue weighted by atomic mass is 15.2. The van der Waals surface area contributed by atoms with Crippen molar-refractivity contribution in [1.82, 2.24) is 48.6 Å². The minimum absolute atomic E-state index is 0.612. The Bertz CT molecular complexity index is 7170. The molecule has 25 rings (SSSR count). The molecule has 0 radical (unpaired) electrons. The van der Waals surface area contributed by atoms with Crippen molar-refractivity contribution in [2.24, 2.45) is 0 Å². The predicted octanol–water partition coefficient (Wildman–Crippen LogP) is 25.2. The molecule has 0 bridgehead atoms. The van der Waals surface area contributed by atoms with Crippen LogP contribution in [0.4, 0.5) is 0 Å². The molecule has 0 aliphatic heterocycles. The molecule has 16 aromatic carbocycles. The van der Waals surface area contributed by atoms with Gasteiger partial charge < -0.3 is 0 Å². The van der Waals surface area contributed by atoms with Crippen LogP contribution in [0, 0.1) is 0 Å². The van der Waals surface area contributed by atoms with Gasteiger partial charge in [0.1, 0.15) is 0 Å². The molecule has 10 heteroatoms. The Labute approximate surface area is 636 Å². The summed E-state index contributed by atoms with van der Waals surface area (Å²) in [7, 11) is 0. The lowest BCUT2D eigenvalue weighted by molar-refractivity contribution is 0.953. The largest absolute Gasteiger partial charge is 0.278 e. The minimum atomic E-state index is 0.612. The molecule has 0 spiro atoms. The maximum Gasteiger partial charge on any atom is 0.238 e. The highest BCUT2D eigenvalue weighted by Crippen LogP contribution is 2.54. The number of benzene rings is 16. The number of hydrogen-bond acceptors (Lipinski definition) is 7. The Morgan fingerprint density at radius 1 is 0.171 bits per heavy atom. The van der Waals surface area contributed by atoms with Crippen molar-refractivity contribution in [2.75, 3.05) is 0 Å². The third kappa shape index (κ3) is 9.54. The molecule has 10 nitrogen and oxygen atoms in total. The highest BCUT2D eigenvalue weighted by molar-refractivity contribution is 6.33. The van der Waals surface area contributed by atoms with Crippen LogP contribution in [0.25, 0.3) is 228 Å². The van der Waals surface area contributed by atoms with Gasteiger partial charge in [-0.15, -0.1) is 0 Å². The van der Waals surface area contributed by atoms with Crippen LogP contribution < -0.4 is 0 Å². The van der Waals surface area contributed by atoms with Crippen molar-refractivity contribution >= 4 is 97.7 Å². The van der Waals surface area contributed by atoms with E-state index in [0.717, 1.165) is 66.7 Å². The van der Waals surface area contributed by atoms with Gasteiger partial charge in [-0.25, -0.2) is 24.9 Å². The van der Waals surface area contributed by atoms with E-state index in [9.17, 15) is 0 Å². The van der Waals surface area contributed by atoms with Crippen molar-refractivity contribution < 1.29 is 0 Å². The van der Waals surface area contributed by atoms with Crippen LogP contribution in [-0.2, 0) is 0 Å². The SMILES string of the molecule is c1ccc(-c2cc(-c3ccccc3)nc(-n3c4cccc5c4c4c6c(cccc6ccc43)-c3ccccc3-5)n2)cc1.c1ccc(-c2nc(-c3ccccc3)nc(-n3c4cccc5c4c4c6c(cccc6ccc43)-c3ccccc3-5)n2)cc1.c1cnc(-n2c3cccc4c3c3c5c(cccc5ccc32)-c2ccccc2-4)nc1. The fraction of sp³-hybridized carbons (Fsp3) is 0. The van der Waals surface area contributed by atoms with Crippen molar-refractivity contribution in [1.29, 1.82) is 0 Å². The van der Waals surface area contributed by atoms with Crippen molar-refractivity contribution in [2.45, 2.75) is 0 Å². The molecule has 6 heterocycles. The molecule has 0 amide bonds. The van der Waals surface area contributed by atoms with E-state index >= 15 is 0 Å². The minimum Gasteiger partial charge on any atom is -0.278 e.